The van der Waals surface area contributed by atoms with Crippen LogP contribution in [0.4, 0.5) is 29.2 Å². The predicted octanol–water partition coefficient (Wildman–Crippen LogP) is 3.14. The Labute approximate surface area is 157 Å². The van der Waals surface area contributed by atoms with Crippen LogP contribution in [0, 0.1) is 6.92 Å². The third-order valence-electron chi connectivity index (χ3n) is 3.69. The fourth-order valence-electron chi connectivity index (χ4n) is 2.49. The van der Waals surface area contributed by atoms with E-state index in [-0.39, 0.29) is 12.5 Å². The van der Waals surface area contributed by atoms with Crippen molar-refractivity contribution in [3.8, 4) is 11.3 Å². The lowest BCUT2D eigenvalue weighted by Gasteiger charge is -2.10. The molecule has 3 rings (SSSR count). The number of rotatable bonds is 6. The molecular weight excluding hydrogens is 380 g/mol. The monoisotopic (exact) mass is 396 g/mol. The molecule has 0 spiro atoms. The molecule has 0 amide bonds. The molecule has 0 radical (unpaired) electrons. The highest BCUT2D eigenvalue weighted by molar-refractivity contribution is 5.68. The van der Waals surface area contributed by atoms with Gasteiger partial charge in [-0.05, 0) is 36.8 Å². The summed E-state index contributed by atoms with van der Waals surface area (Å²) in [5.74, 6) is -0.193. The van der Waals surface area contributed by atoms with Gasteiger partial charge >= 0.3 is 6.18 Å². The summed E-state index contributed by atoms with van der Waals surface area (Å²) >= 11 is 0. The molecule has 2 N–H and O–H groups in total. The number of nitrogens with one attached hydrogen (secondary N) is 1. The normalized spacial score (nSPS) is 12.8. The van der Waals surface area contributed by atoms with Crippen LogP contribution in [0.2, 0.25) is 0 Å². The molecule has 0 saturated heterocycles. The maximum atomic E-state index is 12.8. The molecule has 0 saturated carbocycles. The molecule has 148 valence electrons. The molecule has 1 unspecified atom stereocenters. The number of anilines is 2. The summed E-state index contributed by atoms with van der Waals surface area (Å²) in [6.45, 7) is 0.863. The van der Waals surface area contributed by atoms with E-state index >= 15 is 0 Å². The second-order valence-electron chi connectivity index (χ2n) is 6.11. The van der Waals surface area contributed by atoms with Crippen LogP contribution in [0.25, 0.3) is 11.3 Å². The van der Waals surface area contributed by atoms with Crippen molar-refractivity contribution in [3.63, 3.8) is 0 Å². The van der Waals surface area contributed by atoms with E-state index in [9.17, 15) is 22.7 Å². The standard InChI is InChI=1S/C17H16F4N6O/c1-10-4-11(14-9-27(26-25-14)8-13(28)7-18)6-12(5-10)23-16-22-3-2-15(24-16)17(19,20)21/h2-6,9,13,28H,7-8H2,1H3,(H,22,23,24). The van der Waals surface area contributed by atoms with Crippen molar-refractivity contribution in [2.45, 2.75) is 25.7 Å². The third-order valence-corrected chi connectivity index (χ3v) is 3.69. The van der Waals surface area contributed by atoms with Crippen LogP contribution in [0.1, 0.15) is 11.3 Å². The largest absolute Gasteiger partial charge is 0.433 e. The van der Waals surface area contributed by atoms with Crippen LogP contribution >= 0.6 is 0 Å². The lowest BCUT2D eigenvalue weighted by molar-refractivity contribution is -0.141. The van der Waals surface area contributed by atoms with Gasteiger partial charge < -0.3 is 10.4 Å². The van der Waals surface area contributed by atoms with E-state index in [1.54, 1.807) is 25.1 Å². The summed E-state index contributed by atoms with van der Waals surface area (Å²) in [7, 11) is 0. The number of aromatic nitrogens is 5. The Kier molecular flexibility index (Phi) is 5.54. The molecule has 0 aliphatic rings. The van der Waals surface area contributed by atoms with Gasteiger partial charge in [0.1, 0.15) is 24.2 Å². The summed E-state index contributed by atoms with van der Waals surface area (Å²) in [6.07, 6.45) is -3.18. The van der Waals surface area contributed by atoms with Crippen LogP contribution in [0.15, 0.2) is 36.7 Å². The summed E-state index contributed by atoms with van der Waals surface area (Å²) in [5, 5.41) is 19.9. The van der Waals surface area contributed by atoms with Crippen LogP contribution in [-0.4, -0.2) is 42.8 Å². The molecule has 0 bridgehead atoms. The van der Waals surface area contributed by atoms with E-state index in [2.05, 4.69) is 25.6 Å². The quantitative estimate of drug-likeness (QED) is 0.623. The van der Waals surface area contributed by atoms with Crippen molar-refractivity contribution in [2.24, 2.45) is 0 Å². The highest BCUT2D eigenvalue weighted by atomic mass is 19.4. The van der Waals surface area contributed by atoms with Gasteiger partial charge in [0.15, 0.2) is 0 Å². The van der Waals surface area contributed by atoms with Crippen molar-refractivity contribution in [1.29, 1.82) is 0 Å². The number of benzene rings is 1. The molecule has 2 aromatic heterocycles. The summed E-state index contributed by atoms with van der Waals surface area (Å²) in [4.78, 5) is 7.28. The molecule has 7 nitrogen and oxygen atoms in total. The Morgan fingerprint density at radius 2 is 2.04 bits per heavy atom. The fourth-order valence-corrected chi connectivity index (χ4v) is 2.49. The first-order chi connectivity index (χ1) is 13.2. The van der Waals surface area contributed by atoms with E-state index in [4.69, 9.17) is 0 Å². The Balaban J connectivity index is 1.84. The number of alkyl halides is 4. The van der Waals surface area contributed by atoms with E-state index in [0.29, 0.717) is 16.9 Å². The van der Waals surface area contributed by atoms with Gasteiger partial charge in [-0.15, -0.1) is 5.10 Å². The maximum Gasteiger partial charge on any atom is 0.433 e. The van der Waals surface area contributed by atoms with Gasteiger partial charge in [-0.25, -0.2) is 19.0 Å². The van der Waals surface area contributed by atoms with Crippen molar-refractivity contribution in [3.05, 3.63) is 47.9 Å². The maximum absolute atomic E-state index is 12.8. The Morgan fingerprint density at radius 3 is 2.75 bits per heavy atom. The smallest absolute Gasteiger partial charge is 0.388 e. The zero-order valence-electron chi connectivity index (χ0n) is 14.7. The van der Waals surface area contributed by atoms with Gasteiger partial charge in [-0.1, -0.05) is 5.21 Å². The summed E-state index contributed by atoms with van der Waals surface area (Å²) in [6, 6.07) is 5.95. The zero-order chi connectivity index (χ0) is 20.3. The first-order valence-electron chi connectivity index (χ1n) is 8.18. The summed E-state index contributed by atoms with van der Waals surface area (Å²) < 4.78 is 52.1. The Morgan fingerprint density at radius 1 is 1.25 bits per heavy atom. The molecule has 28 heavy (non-hydrogen) atoms. The minimum atomic E-state index is -4.57. The number of nitrogens with zero attached hydrogens (tertiary/aromatic N) is 5. The fraction of sp³-hybridized carbons (Fsp3) is 0.294. The highest BCUT2D eigenvalue weighted by Crippen LogP contribution is 2.29. The predicted molar refractivity (Wildman–Crippen MR) is 92.5 cm³/mol. The molecular formula is C17H16F4N6O. The number of hydrogen-bond donors (Lipinski definition) is 2. The number of halogens is 4. The Bertz CT molecular complexity index is 959. The molecule has 0 aliphatic heterocycles. The average molecular weight is 396 g/mol. The van der Waals surface area contributed by atoms with Crippen LogP contribution in [0.5, 0.6) is 0 Å². The minimum absolute atomic E-state index is 0.0432. The molecule has 0 aliphatic carbocycles. The van der Waals surface area contributed by atoms with Gasteiger partial charge in [0.05, 0.1) is 12.7 Å². The third kappa shape index (κ3) is 4.80. The van der Waals surface area contributed by atoms with E-state index in [0.717, 1.165) is 17.8 Å². The van der Waals surface area contributed by atoms with Crippen molar-refractivity contribution < 1.29 is 22.7 Å². The SMILES string of the molecule is Cc1cc(Nc2nccc(C(F)(F)F)n2)cc(-c2cn(CC(O)CF)nn2)c1. The minimum Gasteiger partial charge on any atom is -0.388 e. The Hall–Kier alpha value is -3.08. The molecule has 0 fully saturated rings. The molecule has 2 heterocycles. The van der Waals surface area contributed by atoms with Crippen LogP contribution < -0.4 is 5.32 Å². The molecule has 11 heteroatoms. The van der Waals surface area contributed by atoms with Gasteiger partial charge in [-0.3, -0.25) is 0 Å². The van der Waals surface area contributed by atoms with Gasteiger partial charge in [0, 0.05) is 17.4 Å². The first-order valence-corrected chi connectivity index (χ1v) is 8.18. The van der Waals surface area contributed by atoms with Crippen molar-refractivity contribution in [1.82, 2.24) is 25.0 Å². The van der Waals surface area contributed by atoms with E-state index in [1.165, 1.54) is 10.9 Å². The molecule has 3 aromatic rings. The van der Waals surface area contributed by atoms with Crippen LogP contribution in [0.3, 0.4) is 0 Å². The number of aryl methyl sites for hydroxylation is 1. The number of aliphatic hydroxyl groups is 1. The average Bonchev–Trinajstić information content (AvgIpc) is 3.09. The molecule has 1 aromatic carbocycles. The zero-order valence-corrected chi connectivity index (χ0v) is 14.7. The number of hydrogen-bond acceptors (Lipinski definition) is 6. The summed E-state index contributed by atoms with van der Waals surface area (Å²) in [5.41, 5.74) is 1.32. The highest BCUT2D eigenvalue weighted by Gasteiger charge is 2.32. The second-order valence-corrected chi connectivity index (χ2v) is 6.11. The lowest BCUT2D eigenvalue weighted by Crippen LogP contribution is -2.18. The lowest BCUT2D eigenvalue weighted by atomic mass is 10.1. The number of aliphatic hydroxyl groups excluding tert-OH is 1. The van der Waals surface area contributed by atoms with Gasteiger partial charge in [0.2, 0.25) is 5.95 Å². The molecule has 1 atom stereocenters. The van der Waals surface area contributed by atoms with E-state index < -0.39 is 24.6 Å². The second kappa shape index (κ2) is 7.89. The van der Waals surface area contributed by atoms with Crippen LogP contribution in [-0.2, 0) is 12.7 Å². The van der Waals surface area contributed by atoms with Crippen molar-refractivity contribution in [2.75, 3.05) is 12.0 Å². The van der Waals surface area contributed by atoms with Gasteiger partial charge in [0.25, 0.3) is 0 Å². The van der Waals surface area contributed by atoms with Gasteiger partial charge in [-0.2, -0.15) is 13.2 Å². The topological polar surface area (TPSA) is 88.8 Å². The van der Waals surface area contributed by atoms with E-state index in [1.807, 2.05) is 0 Å². The first kappa shape index (κ1) is 19.7. The van der Waals surface area contributed by atoms with Crippen molar-refractivity contribution >= 4 is 11.6 Å².